The van der Waals surface area contributed by atoms with Gasteiger partial charge in [0, 0.05) is 82.6 Å². The molecule has 20 heteroatoms. The molecule has 6 atom stereocenters. The van der Waals surface area contributed by atoms with Crippen LogP contribution < -0.4 is 0 Å². The third kappa shape index (κ3) is 18.8. The van der Waals surface area contributed by atoms with Crippen molar-refractivity contribution in [2.45, 2.75) is 36.6 Å². The molecule has 0 heterocycles. The number of aliphatic carboxylic acids is 6. The average molecular weight is 732 g/mol. The van der Waals surface area contributed by atoms with Crippen LogP contribution in [-0.4, -0.2) is 134 Å². The van der Waals surface area contributed by atoms with Crippen molar-refractivity contribution in [2.75, 3.05) is 0 Å². The number of aliphatic hydroxyl groups excluding tert-OH is 6. The summed E-state index contributed by atoms with van der Waals surface area (Å²) in [7, 11) is 0. The van der Waals surface area contributed by atoms with Crippen molar-refractivity contribution in [1.29, 1.82) is 0 Å². The first-order chi connectivity index (χ1) is 13.4. The van der Waals surface area contributed by atoms with Crippen LogP contribution in [0.5, 0.6) is 0 Å². The molecule has 0 aliphatic heterocycles. The molecular weight excluding hydrogens is 714 g/mol. The summed E-state index contributed by atoms with van der Waals surface area (Å²) in [6.07, 6.45) is -13.6. The number of carboxylic acid groups (broad SMARTS) is 6. The van der Waals surface area contributed by atoms with Gasteiger partial charge in [-0.1, -0.05) is 0 Å². The minimum Gasteiger partial charge on any atom is -0.479 e. The van der Waals surface area contributed by atoms with Crippen molar-refractivity contribution in [3.05, 3.63) is 0 Å². The van der Waals surface area contributed by atoms with E-state index in [9.17, 15) is 28.8 Å². The van der Waals surface area contributed by atoms with E-state index in [1.165, 1.54) is 0 Å². The summed E-state index contributed by atoms with van der Waals surface area (Å²) in [5, 5.41) is 97.6. The van der Waals surface area contributed by atoms with E-state index in [-0.39, 0.29) is 82.6 Å². The first kappa shape index (κ1) is 41.6. The van der Waals surface area contributed by atoms with Crippen LogP contribution in [0, 0.1) is 82.6 Å². The van der Waals surface area contributed by atoms with Crippen LogP contribution in [0.3, 0.4) is 0 Å². The van der Waals surface area contributed by atoms with Crippen LogP contribution >= 0.6 is 0 Å². The van der Waals surface area contributed by atoms with Gasteiger partial charge in [0.15, 0.2) is 36.6 Å². The Labute approximate surface area is 242 Å². The Balaban J connectivity index is -0.000000110. The molecule has 0 saturated heterocycles. The summed E-state index contributed by atoms with van der Waals surface area (Å²) in [6, 6.07) is 0. The van der Waals surface area contributed by atoms with E-state index in [0.717, 1.165) is 0 Å². The van der Waals surface area contributed by atoms with Crippen molar-refractivity contribution in [3.8, 4) is 0 Å². The fourth-order valence-corrected chi connectivity index (χ4v) is 0.810. The van der Waals surface area contributed by atoms with Gasteiger partial charge in [-0.2, -0.15) is 0 Å². The topological polar surface area (TPSA) is 345 Å². The first-order valence-electron chi connectivity index (χ1n) is 6.85. The molecule has 0 rings (SSSR count). The van der Waals surface area contributed by atoms with Gasteiger partial charge in [0.25, 0.3) is 0 Å². The zero-order chi connectivity index (χ0) is 24.9. The molecule has 180 valence electrons. The van der Waals surface area contributed by atoms with Gasteiger partial charge in [0.1, 0.15) is 0 Å². The second-order valence-corrected chi connectivity index (χ2v) is 4.70. The maximum Gasteiger partial charge on any atom is 0.335 e. The second kappa shape index (κ2) is 20.9. The van der Waals surface area contributed by atoms with E-state index in [2.05, 4.69) is 0 Å². The van der Waals surface area contributed by atoms with Gasteiger partial charge < -0.3 is 61.3 Å². The zero-order valence-corrected chi connectivity index (χ0v) is 22.8. The van der Waals surface area contributed by atoms with Gasteiger partial charge in [-0.15, -0.1) is 0 Å². The molecule has 0 aliphatic carbocycles. The summed E-state index contributed by atoms with van der Waals surface area (Å²) in [5.41, 5.74) is 0. The third-order valence-electron chi connectivity index (χ3n) is 2.42. The van der Waals surface area contributed by atoms with Crippen LogP contribution in [0.15, 0.2) is 0 Å². The van der Waals surface area contributed by atoms with E-state index in [1.807, 2.05) is 0 Å². The van der Waals surface area contributed by atoms with Crippen LogP contribution in [0.25, 0.3) is 0 Å². The standard InChI is InChI=1S/3C4H6O6.2Pr/c3*5-1(3(7)8)2(6)4(9)10;;/h3*1-2,5-6H,(H,7,8)(H,9,10);;. The normalized spacial score (nSPS) is 14.8. The fraction of sp³-hybridized carbons (Fsp3) is 0.500. The van der Waals surface area contributed by atoms with Crippen molar-refractivity contribution in [2.24, 2.45) is 0 Å². The summed E-state index contributed by atoms with van der Waals surface area (Å²) in [6.45, 7) is 0. The Hall–Kier alpha value is -0.693. The molecule has 18 nitrogen and oxygen atoms in total. The Kier molecular flexibility index (Phi) is 27.1. The molecule has 12 N–H and O–H groups in total. The maximum atomic E-state index is 9.77. The fourth-order valence-electron chi connectivity index (χ4n) is 0.810. The molecular formula is C12H18O18Pr2. The average Bonchev–Trinajstić information content (AvgIpc) is 2.64. The Morgan fingerprint density at radius 3 is 0.406 bits per heavy atom. The molecule has 0 saturated carbocycles. The van der Waals surface area contributed by atoms with Gasteiger partial charge in [0.2, 0.25) is 0 Å². The monoisotopic (exact) mass is 732 g/mol. The van der Waals surface area contributed by atoms with Crippen molar-refractivity contribution in [3.63, 3.8) is 0 Å². The number of aliphatic hydroxyl groups is 6. The largest absolute Gasteiger partial charge is 0.479 e. The SMILES string of the molecule is O=C(O)C(O)C(O)C(=O)O.O=C(O)C(O)C(O)C(=O)O.O=C(O)C(O)C(O)C(=O)O.[Pr].[Pr]. The number of rotatable bonds is 9. The number of hydrogen-bond donors (Lipinski definition) is 12. The van der Waals surface area contributed by atoms with Gasteiger partial charge in [-0.05, 0) is 0 Å². The van der Waals surface area contributed by atoms with E-state index in [0.29, 0.717) is 0 Å². The second-order valence-electron chi connectivity index (χ2n) is 4.70. The molecule has 0 aromatic carbocycles. The van der Waals surface area contributed by atoms with Gasteiger partial charge >= 0.3 is 35.8 Å². The van der Waals surface area contributed by atoms with Gasteiger partial charge in [-0.25, -0.2) is 28.8 Å². The molecule has 0 aromatic rings. The summed E-state index contributed by atoms with van der Waals surface area (Å²) < 4.78 is 0. The van der Waals surface area contributed by atoms with Crippen LogP contribution in [0.1, 0.15) is 0 Å². The van der Waals surface area contributed by atoms with E-state index < -0.39 is 72.4 Å². The van der Waals surface area contributed by atoms with E-state index >= 15 is 0 Å². The maximum absolute atomic E-state index is 9.77. The van der Waals surface area contributed by atoms with Crippen LogP contribution in [0.4, 0.5) is 0 Å². The van der Waals surface area contributed by atoms with Crippen LogP contribution in [0.2, 0.25) is 0 Å². The van der Waals surface area contributed by atoms with E-state index in [4.69, 9.17) is 61.3 Å². The first-order valence-corrected chi connectivity index (χ1v) is 6.85. The quantitative estimate of drug-likeness (QED) is 0.105. The smallest absolute Gasteiger partial charge is 0.335 e. The van der Waals surface area contributed by atoms with Gasteiger partial charge in [0.05, 0.1) is 0 Å². The Morgan fingerprint density at radius 1 is 0.312 bits per heavy atom. The molecule has 0 spiro atoms. The molecule has 32 heavy (non-hydrogen) atoms. The molecule has 0 fully saturated rings. The molecule has 0 aromatic heterocycles. The minimum atomic E-state index is -2.27. The summed E-state index contributed by atoms with van der Waals surface area (Å²) in [4.78, 5) is 58.6. The van der Waals surface area contributed by atoms with Crippen molar-refractivity contribution in [1.82, 2.24) is 0 Å². The summed E-state index contributed by atoms with van der Waals surface area (Å²) >= 11 is 0. The molecule has 0 bridgehead atoms. The number of hydrogen-bond acceptors (Lipinski definition) is 12. The minimum absolute atomic E-state index is 0. The van der Waals surface area contributed by atoms with Gasteiger partial charge in [-0.3, -0.25) is 0 Å². The molecule has 0 amide bonds. The molecule has 2 radical (unpaired) electrons. The predicted molar refractivity (Wildman–Crippen MR) is 81.9 cm³/mol. The molecule has 6 unspecified atom stereocenters. The van der Waals surface area contributed by atoms with E-state index in [1.54, 1.807) is 0 Å². The van der Waals surface area contributed by atoms with Crippen LogP contribution in [-0.2, 0) is 28.8 Å². The number of carbonyl (C=O) groups is 6. The zero-order valence-electron chi connectivity index (χ0n) is 15.4. The number of carboxylic acids is 6. The summed E-state index contributed by atoms with van der Waals surface area (Å²) in [5.74, 6) is -10.6. The van der Waals surface area contributed by atoms with Crippen molar-refractivity contribution >= 4 is 35.8 Å². The molecule has 0 aliphatic rings. The third-order valence-corrected chi connectivity index (χ3v) is 2.42. The Bertz CT molecular complexity index is 498. The van der Waals surface area contributed by atoms with Crippen molar-refractivity contribution < 1.29 is 173 Å². The predicted octanol–water partition coefficient (Wildman–Crippen LogP) is -6.37. The Morgan fingerprint density at radius 2 is 0.375 bits per heavy atom.